The molecule has 15 heavy (non-hydrogen) atoms. The molecule has 0 atom stereocenters. The van der Waals surface area contributed by atoms with Crippen LogP contribution in [0.5, 0.6) is 0 Å². The van der Waals surface area contributed by atoms with E-state index in [2.05, 4.69) is 25.3 Å². The third kappa shape index (κ3) is 82.0. The van der Waals surface area contributed by atoms with Gasteiger partial charge in [0.25, 0.3) is 0 Å². The summed E-state index contributed by atoms with van der Waals surface area (Å²) in [7, 11) is 0. The van der Waals surface area contributed by atoms with Crippen LogP contribution >= 0.6 is 0 Å². The van der Waals surface area contributed by atoms with E-state index in [9.17, 15) is 0 Å². The van der Waals surface area contributed by atoms with E-state index in [1.54, 1.807) is 0 Å². The van der Waals surface area contributed by atoms with E-state index < -0.39 is 0 Å². The van der Waals surface area contributed by atoms with Crippen LogP contribution in [0.15, 0.2) is 42.9 Å². The molecule has 0 heterocycles. The Morgan fingerprint density at radius 3 is 1.60 bits per heavy atom. The number of aliphatic hydroxyl groups excluding tert-OH is 2. The number of aliphatic hydroxyl groups is 2. The molecule has 0 radical (unpaired) electrons. The van der Waals surface area contributed by atoms with Crippen molar-refractivity contribution in [1.29, 1.82) is 0 Å². The second kappa shape index (κ2) is 19.5. The molecule has 0 fully saturated rings. The van der Waals surface area contributed by atoms with E-state index in [0.717, 1.165) is 6.42 Å². The van der Waals surface area contributed by atoms with Gasteiger partial charge < -0.3 is 17.6 Å². The van der Waals surface area contributed by atoms with Crippen LogP contribution in [-0.2, 0) is 0 Å². The molecule has 3 heteroatoms. The zero-order valence-electron chi connectivity index (χ0n) is 9.66. The van der Waals surface area contributed by atoms with Crippen LogP contribution in [0.25, 0.3) is 0 Å². The molecular formula is C12H20O2Sm-2. The molecule has 0 aromatic rings. The molecule has 2 nitrogen and oxygen atoms in total. The van der Waals surface area contributed by atoms with Crippen LogP contribution < -0.4 is 0 Å². The SMILES string of the molecule is C=C(C)O.C=C(C)O.[C-]1=CC=CC1.[CH3-].[Sm]. The van der Waals surface area contributed by atoms with Crippen molar-refractivity contribution in [2.45, 2.75) is 20.3 Å². The Labute approximate surface area is 126 Å². The summed E-state index contributed by atoms with van der Waals surface area (Å²) in [6.45, 7) is 9.28. The summed E-state index contributed by atoms with van der Waals surface area (Å²) in [4.78, 5) is 0. The van der Waals surface area contributed by atoms with Gasteiger partial charge in [-0.25, -0.2) is 12.2 Å². The van der Waals surface area contributed by atoms with Crippen molar-refractivity contribution in [2.24, 2.45) is 0 Å². The summed E-state index contributed by atoms with van der Waals surface area (Å²) in [6, 6.07) is 0. The van der Waals surface area contributed by atoms with Crippen molar-refractivity contribution in [3.8, 4) is 0 Å². The van der Waals surface area contributed by atoms with Gasteiger partial charge >= 0.3 is 0 Å². The van der Waals surface area contributed by atoms with Gasteiger partial charge in [-0.05, 0) is 13.8 Å². The van der Waals surface area contributed by atoms with E-state index >= 15 is 0 Å². The first kappa shape index (κ1) is 24.2. The van der Waals surface area contributed by atoms with E-state index in [0.29, 0.717) is 0 Å². The molecule has 1 aliphatic rings. The minimum atomic E-state index is 0. The van der Waals surface area contributed by atoms with Crippen molar-refractivity contribution in [3.63, 3.8) is 0 Å². The minimum absolute atomic E-state index is 0. The van der Waals surface area contributed by atoms with E-state index in [4.69, 9.17) is 10.2 Å². The number of hydrogen-bond donors (Lipinski definition) is 2. The summed E-state index contributed by atoms with van der Waals surface area (Å²) >= 11 is 0. The molecule has 0 unspecified atom stereocenters. The summed E-state index contributed by atoms with van der Waals surface area (Å²) < 4.78 is 0. The van der Waals surface area contributed by atoms with Gasteiger partial charge in [-0.15, -0.1) is 6.42 Å². The third-order valence-corrected chi connectivity index (χ3v) is 0.586. The first-order chi connectivity index (χ1) is 5.96. The zero-order valence-corrected chi connectivity index (χ0v) is 12.3. The van der Waals surface area contributed by atoms with Crippen LogP contribution in [0.2, 0.25) is 0 Å². The fourth-order valence-electron chi connectivity index (χ4n) is 0.340. The summed E-state index contributed by atoms with van der Waals surface area (Å²) in [5, 5.41) is 15.7. The Balaban J connectivity index is -0.0000000575. The maximum Gasteiger partial charge on any atom is 0.0820 e. The van der Waals surface area contributed by atoms with Gasteiger partial charge in [-0.3, -0.25) is 6.08 Å². The number of rotatable bonds is 0. The standard InChI is InChI=1S/C5H5.2C3H6O.CH3.Sm/c1-2-4-5-3-1;2*1-3(2)4;;/h1-3H,4H2;2*4H,1H2,2H3;1H3;/q-1;;;-1;. The van der Waals surface area contributed by atoms with Gasteiger partial charge in [-0.2, -0.15) is 6.08 Å². The molecule has 0 saturated heterocycles. The topological polar surface area (TPSA) is 40.5 Å². The molecular weight excluding hydrogens is 326 g/mol. The van der Waals surface area contributed by atoms with Gasteiger partial charge in [-0.1, -0.05) is 13.2 Å². The molecule has 2 N–H and O–H groups in total. The Morgan fingerprint density at radius 1 is 1.20 bits per heavy atom. The average molecular weight is 347 g/mol. The number of hydrogen-bond acceptors (Lipinski definition) is 2. The fraction of sp³-hybridized carbons (Fsp3) is 0.250. The predicted molar refractivity (Wildman–Crippen MR) is 62.9 cm³/mol. The first-order valence-electron chi connectivity index (χ1n) is 3.87. The summed E-state index contributed by atoms with van der Waals surface area (Å²) in [5.74, 6) is 0.333. The van der Waals surface area contributed by atoms with Gasteiger partial charge in [0.05, 0.1) is 11.5 Å². The molecule has 0 aromatic heterocycles. The molecule has 1 aliphatic carbocycles. The molecule has 0 bridgehead atoms. The van der Waals surface area contributed by atoms with Crippen molar-refractivity contribution >= 4 is 0 Å². The minimum Gasteiger partial charge on any atom is -0.513 e. The maximum absolute atomic E-state index is 7.86. The quantitative estimate of drug-likeness (QED) is 0.516. The van der Waals surface area contributed by atoms with Gasteiger partial charge in [0.1, 0.15) is 0 Å². The van der Waals surface area contributed by atoms with Crippen LogP contribution in [0.1, 0.15) is 20.3 Å². The van der Waals surface area contributed by atoms with Crippen molar-refractivity contribution < 1.29 is 50.6 Å². The van der Waals surface area contributed by atoms with Crippen LogP contribution in [0.4, 0.5) is 0 Å². The van der Waals surface area contributed by atoms with Gasteiger partial charge in [0, 0.05) is 40.4 Å². The smallest absolute Gasteiger partial charge is 0.0820 e. The van der Waals surface area contributed by atoms with Gasteiger partial charge in [0.15, 0.2) is 0 Å². The largest absolute Gasteiger partial charge is 0.513 e. The van der Waals surface area contributed by atoms with Crippen molar-refractivity contribution in [1.82, 2.24) is 0 Å². The Kier molecular flexibility index (Phi) is 31.4. The Hall–Kier alpha value is -0.102. The Bertz CT molecular complexity index is 176. The van der Waals surface area contributed by atoms with Crippen LogP contribution in [-0.4, -0.2) is 10.2 Å². The second-order valence-corrected chi connectivity index (χ2v) is 2.47. The monoisotopic (exact) mass is 348 g/mol. The normalized spacial score (nSPS) is 9.20. The van der Waals surface area contributed by atoms with Crippen LogP contribution in [0, 0.1) is 53.9 Å². The third-order valence-electron chi connectivity index (χ3n) is 0.586. The van der Waals surface area contributed by atoms with Crippen molar-refractivity contribution in [3.05, 3.63) is 56.4 Å². The van der Waals surface area contributed by atoms with Crippen molar-refractivity contribution in [2.75, 3.05) is 0 Å². The predicted octanol–water partition coefficient (Wildman–Crippen LogP) is 3.91. The van der Waals surface area contributed by atoms with E-state index in [-0.39, 0.29) is 59.3 Å². The molecule has 1 rings (SSSR count). The average Bonchev–Trinajstić information content (AvgIpc) is 2.35. The maximum atomic E-state index is 7.86. The molecule has 0 aliphatic heterocycles. The van der Waals surface area contributed by atoms with E-state index in [1.165, 1.54) is 13.8 Å². The molecule has 88 valence electrons. The zero-order chi connectivity index (χ0) is 10.7. The summed E-state index contributed by atoms with van der Waals surface area (Å²) in [5.41, 5.74) is 0. The first-order valence-corrected chi connectivity index (χ1v) is 3.87. The fourth-order valence-corrected chi connectivity index (χ4v) is 0.340. The molecule has 0 saturated carbocycles. The Morgan fingerprint density at radius 2 is 1.53 bits per heavy atom. The van der Waals surface area contributed by atoms with Crippen LogP contribution in [0.3, 0.4) is 0 Å². The molecule has 0 spiro atoms. The van der Waals surface area contributed by atoms with Gasteiger partial charge in [0.2, 0.25) is 0 Å². The molecule has 0 amide bonds. The summed E-state index contributed by atoms with van der Waals surface area (Å²) in [6.07, 6.45) is 10.0. The van der Waals surface area contributed by atoms with E-state index in [1.807, 2.05) is 12.2 Å². The molecule has 0 aromatic carbocycles. The number of allylic oxidation sites excluding steroid dienone is 6. The second-order valence-electron chi connectivity index (χ2n) is 2.47.